The number of esters is 1. The Balaban J connectivity index is 1.65. The normalized spacial score (nSPS) is 11.6. The molecule has 0 spiro atoms. The van der Waals surface area contributed by atoms with Gasteiger partial charge in [-0.05, 0) is 65.4 Å². The minimum Gasteiger partial charge on any atom is -0.493 e. The van der Waals surface area contributed by atoms with Gasteiger partial charge >= 0.3 is 5.97 Å². The molecule has 9 nitrogen and oxygen atoms in total. The summed E-state index contributed by atoms with van der Waals surface area (Å²) in [6.07, 6.45) is 1.73. The SMILES string of the molecule is CCCNC(=O)c1ccc(-c2cc3c(cc2C(=O)Nc2ccc(CC#N)cc2)-c2sccc2CCO3)c(C(=O)OC)n1. The van der Waals surface area contributed by atoms with Crippen LogP contribution in [0.1, 0.15) is 55.8 Å². The van der Waals surface area contributed by atoms with E-state index in [9.17, 15) is 14.4 Å². The summed E-state index contributed by atoms with van der Waals surface area (Å²) in [4.78, 5) is 44.9. The molecule has 0 saturated heterocycles. The maximum Gasteiger partial charge on any atom is 0.357 e. The number of aromatic nitrogens is 1. The van der Waals surface area contributed by atoms with Crippen molar-refractivity contribution >= 4 is 34.8 Å². The van der Waals surface area contributed by atoms with Gasteiger partial charge < -0.3 is 20.1 Å². The maximum atomic E-state index is 13.9. The fourth-order valence-electron chi connectivity index (χ4n) is 4.71. The van der Waals surface area contributed by atoms with Gasteiger partial charge in [0.2, 0.25) is 0 Å². The lowest BCUT2D eigenvalue weighted by atomic mass is 9.93. The molecule has 2 N–H and O–H groups in total. The zero-order valence-electron chi connectivity index (χ0n) is 23.2. The number of carbonyl (C=O) groups excluding carboxylic acids is 3. The molecule has 10 heteroatoms. The second kappa shape index (κ2) is 12.7. The Hall–Kier alpha value is -5.01. The first kappa shape index (κ1) is 28.5. The van der Waals surface area contributed by atoms with Crippen molar-refractivity contribution in [2.24, 2.45) is 0 Å². The van der Waals surface area contributed by atoms with Gasteiger partial charge in [0, 0.05) is 45.8 Å². The molecule has 0 fully saturated rings. The van der Waals surface area contributed by atoms with Crippen molar-refractivity contribution in [3.8, 4) is 33.4 Å². The van der Waals surface area contributed by atoms with Crippen molar-refractivity contribution in [1.82, 2.24) is 10.3 Å². The molecule has 0 saturated carbocycles. The van der Waals surface area contributed by atoms with Crippen LogP contribution in [0.2, 0.25) is 0 Å². The third-order valence-electron chi connectivity index (χ3n) is 6.81. The van der Waals surface area contributed by atoms with E-state index in [-0.39, 0.29) is 23.4 Å². The van der Waals surface area contributed by atoms with Crippen LogP contribution >= 0.6 is 11.3 Å². The molecule has 0 bridgehead atoms. The number of anilines is 1. The number of carbonyl (C=O) groups is 3. The second-order valence-electron chi connectivity index (χ2n) is 9.59. The van der Waals surface area contributed by atoms with Crippen molar-refractivity contribution in [3.63, 3.8) is 0 Å². The van der Waals surface area contributed by atoms with Gasteiger partial charge in [-0.15, -0.1) is 11.3 Å². The summed E-state index contributed by atoms with van der Waals surface area (Å²) < 4.78 is 11.1. The zero-order chi connectivity index (χ0) is 29.6. The van der Waals surface area contributed by atoms with Gasteiger partial charge in [0.15, 0.2) is 5.69 Å². The molecule has 0 aliphatic carbocycles. The molecule has 212 valence electrons. The summed E-state index contributed by atoms with van der Waals surface area (Å²) in [5, 5.41) is 16.7. The summed E-state index contributed by atoms with van der Waals surface area (Å²) in [6, 6.07) is 17.8. The molecule has 2 amide bonds. The van der Waals surface area contributed by atoms with Gasteiger partial charge in [-0.3, -0.25) is 9.59 Å². The van der Waals surface area contributed by atoms with Gasteiger partial charge in [-0.1, -0.05) is 19.1 Å². The third kappa shape index (κ3) is 5.87. The molecule has 4 aromatic rings. The summed E-state index contributed by atoms with van der Waals surface area (Å²) in [6.45, 7) is 2.85. The Kier molecular flexibility index (Phi) is 8.60. The highest BCUT2D eigenvalue weighted by Crippen LogP contribution is 2.43. The summed E-state index contributed by atoms with van der Waals surface area (Å²) in [5.74, 6) is -0.999. The van der Waals surface area contributed by atoms with Crippen molar-refractivity contribution < 1.29 is 23.9 Å². The number of hydrogen-bond acceptors (Lipinski definition) is 8. The number of nitriles is 1. The number of fused-ring (bicyclic) bond motifs is 3. The highest BCUT2D eigenvalue weighted by atomic mass is 32.1. The van der Waals surface area contributed by atoms with Gasteiger partial charge in [0.25, 0.3) is 11.8 Å². The Labute approximate surface area is 247 Å². The van der Waals surface area contributed by atoms with Crippen LogP contribution in [0.3, 0.4) is 0 Å². The van der Waals surface area contributed by atoms with Crippen LogP contribution in [0.4, 0.5) is 5.69 Å². The third-order valence-corrected chi connectivity index (χ3v) is 7.80. The molecule has 1 aliphatic heterocycles. The van der Waals surface area contributed by atoms with Crippen LogP contribution in [0, 0.1) is 11.3 Å². The van der Waals surface area contributed by atoms with Gasteiger partial charge in [0.1, 0.15) is 11.4 Å². The Bertz CT molecular complexity index is 1710. The number of methoxy groups -OCH3 is 1. The van der Waals surface area contributed by atoms with Crippen molar-refractivity contribution in [2.45, 2.75) is 26.2 Å². The highest BCUT2D eigenvalue weighted by Gasteiger charge is 2.27. The molecule has 1 aliphatic rings. The van der Waals surface area contributed by atoms with E-state index in [1.165, 1.54) is 13.2 Å². The smallest absolute Gasteiger partial charge is 0.357 e. The van der Waals surface area contributed by atoms with E-state index in [4.69, 9.17) is 14.7 Å². The van der Waals surface area contributed by atoms with E-state index in [1.807, 2.05) is 12.3 Å². The van der Waals surface area contributed by atoms with E-state index in [2.05, 4.69) is 27.8 Å². The number of thiophene rings is 1. The van der Waals surface area contributed by atoms with Crippen LogP contribution in [-0.2, 0) is 17.6 Å². The predicted octanol–water partition coefficient (Wildman–Crippen LogP) is 5.66. The Morgan fingerprint density at radius 1 is 1.05 bits per heavy atom. The topological polar surface area (TPSA) is 130 Å². The van der Waals surface area contributed by atoms with E-state index >= 15 is 0 Å². The molecule has 0 atom stereocenters. The molecule has 0 radical (unpaired) electrons. The first-order chi connectivity index (χ1) is 20.4. The minimum atomic E-state index is -0.744. The van der Waals surface area contributed by atoms with E-state index in [1.54, 1.807) is 53.8 Å². The lowest BCUT2D eigenvalue weighted by molar-refractivity contribution is 0.0594. The van der Waals surface area contributed by atoms with Crippen molar-refractivity contribution in [1.29, 1.82) is 5.26 Å². The van der Waals surface area contributed by atoms with Crippen LogP contribution in [0.25, 0.3) is 21.6 Å². The summed E-state index contributed by atoms with van der Waals surface area (Å²) in [7, 11) is 1.24. The van der Waals surface area contributed by atoms with E-state index < -0.39 is 17.8 Å². The number of hydrogen-bond donors (Lipinski definition) is 2. The monoisotopic (exact) mass is 580 g/mol. The average Bonchev–Trinajstić information content (AvgIpc) is 3.41. The first-order valence-corrected chi connectivity index (χ1v) is 14.3. The van der Waals surface area contributed by atoms with E-state index in [0.717, 1.165) is 34.4 Å². The quantitative estimate of drug-likeness (QED) is 0.257. The van der Waals surface area contributed by atoms with Gasteiger partial charge in [-0.25, -0.2) is 9.78 Å². The van der Waals surface area contributed by atoms with Crippen molar-refractivity contribution in [3.05, 3.63) is 88.1 Å². The van der Waals surface area contributed by atoms with E-state index in [0.29, 0.717) is 35.7 Å². The maximum absolute atomic E-state index is 13.9. The summed E-state index contributed by atoms with van der Waals surface area (Å²) >= 11 is 1.57. The van der Waals surface area contributed by atoms with Crippen molar-refractivity contribution in [2.75, 3.05) is 25.6 Å². The first-order valence-electron chi connectivity index (χ1n) is 13.5. The minimum absolute atomic E-state index is 0.0605. The molecule has 3 heterocycles. The number of nitrogens with one attached hydrogen (secondary N) is 2. The van der Waals surface area contributed by atoms with Crippen LogP contribution in [0.5, 0.6) is 5.75 Å². The molecule has 2 aromatic carbocycles. The van der Waals surface area contributed by atoms with Crippen LogP contribution in [0.15, 0.2) is 60.0 Å². The Morgan fingerprint density at radius 3 is 2.60 bits per heavy atom. The second-order valence-corrected chi connectivity index (χ2v) is 10.5. The Morgan fingerprint density at radius 2 is 1.86 bits per heavy atom. The lowest BCUT2D eigenvalue weighted by Gasteiger charge is -2.17. The fourth-order valence-corrected chi connectivity index (χ4v) is 5.68. The molecule has 0 unspecified atom stereocenters. The number of benzene rings is 2. The number of pyridine rings is 1. The largest absolute Gasteiger partial charge is 0.493 e. The highest BCUT2D eigenvalue weighted by molar-refractivity contribution is 7.13. The average molecular weight is 581 g/mol. The number of ether oxygens (including phenoxy) is 2. The molecular formula is C32H28N4O5S. The predicted molar refractivity (Wildman–Crippen MR) is 160 cm³/mol. The van der Waals surface area contributed by atoms with Gasteiger partial charge in [0.05, 0.1) is 26.2 Å². The fraction of sp³-hybridized carbons (Fsp3) is 0.219. The summed E-state index contributed by atoms with van der Waals surface area (Å²) in [5.41, 5.74) is 4.27. The molecular weight excluding hydrogens is 552 g/mol. The molecule has 2 aromatic heterocycles. The molecule has 5 rings (SSSR count). The zero-order valence-corrected chi connectivity index (χ0v) is 24.0. The number of nitrogens with zero attached hydrogens (tertiary/aromatic N) is 2. The van der Waals surface area contributed by atoms with Crippen LogP contribution < -0.4 is 15.4 Å². The standard InChI is InChI=1S/C32H28N4O5S/c1-3-14-34-31(38)26-9-8-22(28(36-26)32(39)40-2)23-18-27-25(29-20(11-15-41-27)12-16-42-29)17-24(23)30(37)35-21-6-4-19(5-7-21)10-13-33/h4-9,12,16-18H,3,10-11,14-15H2,1-2H3,(H,34,38)(H,35,37). The lowest BCUT2D eigenvalue weighted by Crippen LogP contribution is -2.26. The molecule has 42 heavy (non-hydrogen) atoms. The number of rotatable bonds is 8. The van der Waals surface area contributed by atoms with Gasteiger partial charge in [-0.2, -0.15) is 5.26 Å². The van der Waals surface area contributed by atoms with Crippen LogP contribution in [-0.4, -0.2) is 43.0 Å². The number of amides is 2.